The highest BCUT2D eigenvalue weighted by Crippen LogP contribution is 2.32. The summed E-state index contributed by atoms with van der Waals surface area (Å²) in [4.78, 5) is 23.4. The first kappa shape index (κ1) is 12.4. The molecule has 0 bridgehead atoms. The third-order valence-corrected chi connectivity index (χ3v) is 3.55. The predicted molar refractivity (Wildman–Crippen MR) is 69.4 cm³/mol. The predicted octanol–water partition coefficient (Wildman–Crippen LogP) is 3.35. The Morgan fingerprint density at radius 3 is 2.28 bits per heavy atom. The van der Waals surface area contributed by atoms with Crippen LogP contribution < -0.4 is 0 Å². The fourth-order valence-corrected chi connectivity index (χ4v) is 2.55. The smallest absolute Gasteiger partial charge is 0.336 e. The molecule has 0 aliphatic heterocycles. The summed E-state index contributed by atoms with van der Waals surface area (Å²) < 4.78 is 0. The highest BCUT2D eigenvalue weighted by atomic mass is 32.2. The summed E-state index contributed by atoms with van der Waals surface area (Å²) >= 11 is 1.28. The number of benzene rings is 2. The molecular formula is C14H10O3S. The normalized spacial score (nSPS) is 10.0. The number of carbonyl (C=O) groups excluding carboxylic acids is 1. The van der Waals surface area contributed by atoms with E-state index in [0.717, 1.165) is 11.2 Å². The summed E-state index contributed by atoms with van der Waals surface area (Å²) in [5.74, 6) is -0.971. The van der Waals surface area contributed by atoms with Crippen molar-refractivity contribution in [2.75, 3.05) is 0 Å². The topological polar surface area (TPSA) is 54.4 Å². The largest absolute Gasteiger partial charge is 0.478 e. The second-order valence-corrected chi connectivity index (χ2v) is 4.64. The van der Waals surface area contributed by atoms with E-state index in [4.69, 9.17) is 5.11 Å². The zero-order valence-corrected chi connectivity index (χ0v) is 10.2. The summed E-state index contributed by atoms with van der Waals surface area (Å²) in [6.45, 7) is 0. The molecule has 0 unspecified atom stereocenters. The van der Waals surface area contributed by atoms with Gasteiger partial charge in [0, 0.05) is 15.4 Å². The maximum Gasteiger partial charge on any atom is 0.336 e. The molecule has 0 aromatic heterocycles. The van der Waals surface area contributed by atoms with Gasteiger partial charge >= 0.3 is 5.97 Å². The van der Waals surface area contributed by atoms with Gasteiger partial charge in [-0.2, -0.15) is 0 Å². The molecule has 18 heavy (non-hydrogen) atoms. The van der Waals surface area contributed by atoms with Crippen LogP contribution in [0.3, 0.4) is 0 Å². The molecule has 2 rings (SSSR count). The number of hydrogen-bond donors (Lipinski definition) is 1. The van der Waals surface area contributed by atoms with Crippen molar-refractivity contribution in [3.05, 3.63) is 59.7 Å². The van der Waals surface area contributed by atoms with Crippen LogP contribution in [0.2, 0.25) is 0 Å². The van der Waals surface area contributed by atoms with Gasteiger partial charge in [0.05, 0.1) is 5.56 Å². The minimum absolute atomic E-state index is 0.239. The quantitative estimate of drug-likeness (QED) is 0.854. The Balaban J connectivity index is 2.40. The summed E-state index contributed by atoms with van der Waals surface area (Å²) in [5.41, 5.74) is 0.797. The van der Waals surface area contributed by atoms with Crippen molar-refractivity contribution in [1.82, 2.24) is 0 Å². The van der Waals surface area contributed by atoms with Crippen LogP contribution in [0, 0.1) is 0 Å². The Labute approximate surface area is 108 Å². The third kappa shape index (κ3) is 2.60. The average molecular weight is 258 g/mol. The molecule has 0 heterocycles. The maximum atomic E-state index is 11.1. The van der Waals surface area contributed by atoms with Crippen LogP contribution in [-0.4, -0.2) is 17.4 Å². The fourth-order valence-electron chi connectivity index (χ4n) is 1.52. The molecule has 4 heteroatoms. The molecular weight excluding hydrogens is 248 g/mol. The molecule has 2 aromatic rings. The van der Waals surface area contributed by atoms with Crippen LogP contribution in [0.4, 0.5) is 0 Å². The fraction of sp³-hybridized carbons (Fsp3) is 0. The van der Waals surface area contributed by atoms with Crippen molar-refractivity contribution in [2.24, 2.45) is 0 Å². The molecule has 3 nitrogen and oxygen atoms in total. The van der Waals surface area contributed by atoms with E-state index >= 15 is 0 Å². The molecule has 0 fully saturated rings. The lowest BCUT2D eigenvalue weighted by molar-refractivity contribution is 0.0693. The van der Waals surface area contributed by atoms with Gasteiger partial charge in [0.2, 0.25) is 0 Å². The van der Waals surface area contributed by atoms with Crippen molar-refractivity contribution in [3.63, 3.8) is 0 Å². The number of aromatic carboxylic acids is 1. The first-order valence-electron chi connectivity index (χ1n) is 5.27. The Bertz CT molecular complexity index is 593. The van der Waals surface area contributed by atoms with Gasteiger partial charge in [-0.3, -0.25) is 4.79 Å². The van der Waals surface area contributed by atoms with Crippen LogP contribution in [0.25, 0.3) is 0 Å². The van der Waals surface area contributed by atoms with E-state index in [0.29, 0.717) is 10.5 Å². The van der Waals surface area contributed by atoms with Gasteiger partial charge in [-0.25, -0.2) is 4.79 Å². The highest BCUT2D eigenvalue weighted by Gasteiger charge is 2.11. The van der Waals surface area contributed by atoms with Crippen molar-refractivity contribution < 1.29 is 14.7 Å². The summed E-state index contributed by atoms with van der Waals surface area (Å²) in [6, 6.07) is 13.8. The van der Waals surface area contributed by atoms with E-state index < -0.39 is 5.97 Å². The minimum atomic E-state index is -0.971. The van der Waals surface area contributed by atoms with E-state index in [-0.39, 0.29) is 5.56 Å². The number of carboxylic acid groups (broad SMARTS) is 1. The lowest BCUT2D eigenvalue weighted by Crippen LogP contribution is -1.98. The zero-order chi connectivity index (χ0) is 13.0. The summed E-state index contributed by atoms with van der Waals surface area (Å²) in [7, 11) is 0. The Morgan fingerprint density at radius 1 is 1.00 bits per heavy atom. The molecule has 0 saturated carbocycles. The number of rotatable bonds is 4. The minimum Gasteiger partial charge on any atom is -0.478 e. The second kappa shape index (κ2) is 5.51. The molecule has 2 aromatic carbocycles. The van der Waals surface area contributed by atoms with Crippen LogP contribution in [0.15, 0.2) is 58.3 Å². The molecule has 0 saturated heterocycles. The molecule has 0 atom stereocenters. The molecule has 0 radical (unpaired) electrons. The maximum absolute atomic E-state index is 11.1. The molecule has 0 amide bonds. The Hall–Kier alpha value is -2.07. The Kier molecular flexibility index (Phi) is 3.79. The number of carboxylic acids is 1. The van der Waals surface area contributed by atoms with Crippen LogP contribution in [0.5, 0.6) is 0 Å². The summed E-state index contributed by atoms with van der Waals surface area (Å²) in [6.07, 6.45) is 0.770. The van der Waals surface area contributed by atoms with Crippen molar-refractivity contribution >= 4 is 24.0 Å². The SMILES string of the molecule is O=Cc1ccccc1Sc1ccccc1C(=O)O. The molecule has 90 valence electrons. The van der Waals surface area contributed by atoms with Gasteiger partial charge in [-0.05, 0) is 18.2 Å². The van der Waals surface area contributed by atoms with Crippen molar-refractivity contribution in [2.45, 2.75) is 9.79 Å². The summed E-state index contributed by atoms with van der Waals surface area (Å²) in [5, 5.41) is 9.09. The van der Waals surface area contributed by atoms with Gasteiger partial charge in [-0.15, -0.1) is 0 Å². The van der Waals surface area contributed by atoms with Gasteiger partial charge in [0.15, 0.2) is 6.29 Å². The lowest BCUT2D eigenvalue weighted by atomic mass is 10.2. The third-order valence-electron chi connectivity index (χ3n) is 2.38. The van der Waals surface area contributed by atoms with E-state index in [9.17, 15) is 9.59 Å². The van der Waals surface area contributed by atoms with Crippen molar-refractivity contribution in [3.8, 4) is 0 Å². The second-order valence-electron chi connectivity index (χ2n) is 3.56. The lowest BCUT2D eigenvalue weighted by Gasteiger charge is -2.07. The van der Waals surface area contributed by atoms with Gasteiger partial charge in [0.25, 0.3) is 0 Å². The van der Waals surface area contributed by atoms with Crippen LogP contribution >= 0.6 is 11.8 Å². The van der Waals surface area contributed by atoms with Gasteiger partial charge in [-0.1, -0.05) is 42.1 Å². The average Bonchev–Trinajstić information content (AvgIpc) is 2.40. The van der Waals surface area contributed by atoms with E-state index in [1.54, 1.807) is 42.5 Å². The van der Waals surface area contributed by atoms with Gasteiger partial charge < -0.3 is 5.11 Å². The monoisotopic (exact) mass is 258 g/mol. The van der Waals surface area contributed by atoms with Crippen molar-refractivity contribution in [1.29, 1.82) is 0 Å². The van der Waals surface area contributed by atoms with Crippen LogP contribution in [0.1, 0.15) is 20.7 Å². The first-order valence-corrected chi connectivity index (χ1v) is 6.08. The number of aldehydes is 1. The number of carbonyl (C=O) groups is 2. The molecule has 0 spiro atoms. The van der Waals surface area contributed by atoms with E-state index in [2.05, 4.69) is 0 Å². The highest BCUT2D eigenvalue weighted by molar-refractivity contribution is 7.99. The molecule has 0 aliphatic rings. The first-order chi connectivity index (χ1) is 8.72. The van der Waals surface area contributed by atoms with Gasteiger partial charge in [0.1, 0.15) is 0 Å². The Morgan fingerprint density at radius 2 is 1.61 bits per heavy atom. The van der Waals surface area contributed by atoms with E-state index in [1.807, 2.05) is 6.07 Å². The van der Waals surface area contributed by atoms with Crippen LogP contribution in [-0.2, 0) is 0 Å². The molecule has 1 N–H and O–H groups in total. The van der Waals surface area contributed by atoms with E-state index in [1.165, 1.54) is 11.8 Å². The zero-order valence-electron chi connectivity index (χ0n) is 9.37. The number of hydrogen-bond acceptors (Lipinski definition) is 3. The molecule has 0 aliphatic carbocycles. The standard InChI is InChI=1S/C14H10O3S/c15-9-10-5-1-3-7-12(10)18-13-8-4-2-6-11(13)14(16)17/h1-9H,(H,16,17).